The minimum atomic E-state index is -1.14. The van der Waals surface area contributed by atoms with Crippen LogP contribution in [0.4, 0.5) is 16.4 Å². The Morgan fingerprint density at radius 2 is 1.95 bits per heavy atom. The molecule has 1 aliphatic carbocycles. The van der Waals surface area contributed by atoms with Gasteiger partial charge in [0.2, 0.25) is 0 Å². The fourth-order valence-corrected chi connectivity index (χ4v) is 6.48. The largest absolute Gasteiger partial charge is 0.444 e. The van der Waals surface area contributed by atoms with Gasteiger partial charge in [-0.05, 0) is 67.7 Å². The van der Waals surface area contributed by atoms with Crippen LogP contribution in [0.3, 0.4) is 0 Å². The highest BCUT2D eigenvalue weighted by atomic mass is 79.9. The monoisotopic (exact) mass is 643 g/mol. The topological polar surface area (TPSA) is 97.6 Å². The molecule has 1 spiro atoms. The summed E-state index contributed by atoms with van der Waals surface area (Å²) in [5.74, 6) is 1.67. The maximum atomic E-state index is 12.8. The van der Waals surface area contributed by atoms with Crippen LogP contribution in [0.1, 0.15) is 39.3 Å². The zero-order valence-corrected chi connectivity index (χ0v) is 27.6. The number of hydrogen-bond acceptors (Lipinski definition) is 8. The van der Waals surface area contributed by atoms with Gasteiger partial charge in [-0.3, -0.25) is 4.90 Å². The highest BCUT2D eigenvalue weighted by Crippen LogP contribution is 2.45. The highest BCUT2D eigenvalue weighted by Gasteiger charge is 2.54. The summed E-state index contributed by atoms with van der Waals surface area (Å²) in [5.41, 5.74) is 1.09. The molecule has 0 atom stereocenters. The molecule has 41 heavy (non-hydrogen) atoms. The Hall–Kier alpha value is -2.70. The van der Waals surface area contributed by atoms with Crippen molar-refractivity contribution in [2.24, 2.45) is 0 Å². The normalized spacial score (nSPS) is 16.9. The van der Waals surface area contributed by atoms with E-state index < -0.39 is 13.7 Å². The standard InChI is InChI=1S/C29H42BrN7O3Si/c1-28(2,3)40-27(38)37-13-12-35(18-29(37)10-11-29)23-9-7-8-21(34-23)16-31-25-24-22(30)17-36(26(24)33-19-32-25)20-39-14-15-41(4,5)6/h7-9,17,19H,10-16,18,20H2,1-6H3,(H,31,32,33). The number of nitrogens with one attached hydrogen (secondary N) is 1. The third-order valence-corrected chi connectivity index (χ3v) is 9.78. The van der Waals surface area contributed by atoms with Crippen LogP contribution in [0.5, 0.6) is 0 Å². The quantitative estimate of drug-likeness (QED) is 0.221. The van der Waals surface area contributed by atoms with E-state index in [2.05, 4.69) is 55.8 Å². The molecule has 3 aromatic heterocycles. The number of nitrogens with zero attached hydrogens (tertiary/aromatic N) is 6. The maximum absolute atomic E-state index is 12.8. The summed E-state index contributed by atoms with van der Waals surface area (Å²) in [6.45, 7) is 16.6. The van der Waals surface area contributed by atoms with Gasteiger partial charge in [0.1, 0.15) is 35.9 Å². The van der Waals surface area contributed by atoms with E-state index >= 15 is 0 Å². The number of anilines is 2. The van der Waals surface area contributed by atoms with E-state index in [1.807, 2.05) is 54.6 Å². The predicted octanol–water partition coefficient (Wildman–Crippen LogP) is 6.10. The summed E-state index contributed by atoms with van der Waals surface area (Å²) >= 11 is 3.70. The van der Waals surface area contributed by atoms with Crippen molar-refractivity contribution >= 4 is 52.8 Å². The van der Waals surface area contributed by atoms with Gasteiger partial charge in [0.15, 0.2) is 0 Å². The lowest BCUT2D eigenvalue weighted by Gasteiger charge is -2.42. The first kappa shape index (κ1) is 29.8. The molecule has 1 saturated carbocycles. The molecule has 2 fully saturated rings. The number of aromatic nitrogens is 4. The van der Waals surface area contributed by atoms with Gasteiger partial charge in [0.05, 0.1) is 23.2 Å². The molecule has 0 aromatic carbocycles. The molecule has 0 radical (unpaired) electrons. The second kappa shape index (κ2) is 11.5. The molecule has 2 aliphatic rings. The van der Waals surface area contributed by atoms with Gasteiger partial charge in [0, 0.05) is 45.0 Å². The molecular formula is C29H42BrN7O3Si. The number of fused-ring (bicyclic) bond motifs is 1. The number of ether oxygens (including phenoxy) is 2. The third-order valence-electron chi connectivity index (χ3n) is 7.48. The number of hydrogen-bond donors (Lipinski definition) is 1. The second-order valence-corrected chi connectivity index (χ2v) is 19.8. The fourth-order valence-electron chi connectivity index (χ4n) is 5.11. The lowest BCUT2D eigenvalue weighted by Crippen LogP contribution is -2.58. The Balaban J connectivity index is 1.23. The van der Waals surface area contributed by atoms with Gasteiger partial charge in [-0.1, -0.05) is 25.7 Å². The number of rotatable bonds is 9. The summed E-state index contributed by atoms with van der Waals surface area (Å²) < 4.78 is 14.6. The van der Waals surface area contributed by atoms with Crippen LogP contribution in [-0.2, 0) is 22.7 Å². The number of amides is 1. The van der Waals surface area contributed by atoms with Crippen molar-refractivity contribution in [1.82, 2.24) is 24.4 Å². The molecule has 4 heterocycles. The smallest absolute Gasteiger partial charge is 0.410 e. The maximum Gasteiger partial charge on any atom is 0.410 e. The zero-order chi connectivity index (χ0) is 29.4. The molecule has 222 valence electrons. The van der Waals surface area contributed by atoms with Crippen LogP contribution >= 0.6 is 15.9 Å². The van der Waals surface area contributed by atoms with Crippen molar-refractivity contribution in [2.75, 3.05) is 36.5 Å². The molecule has 3 aromatic rings. The first-order valence-electron chi connectivity index (χ1n) is 14.4. The van der Waals surface area contributed by atoms with Gasteiger partial charge in [-0.15, -0.1) is 0 Å². The fraction of sp³-hybridized carbons (Fsp3) is 0.586. The molecule has 0 bridgehead atoms. The number of piperazine rings is 1. The van der Waals surface area contributed by atoms with Crippen molar-refractivity contribution in [3.05, 3.63) is 40.9 Å². The Labute approximate surface area is 252 Å². The van der Waals surface area contributed by atoms with Crippen LogP contribution in [0, 0.1) is 0 Å². The van der Waals surface area contributed by atoms with E-state index in [0.29, 0.717) is 19.8 Å². The Bertz CT molecular complexity index is 1400. The average molecular weight is 645 g/mol. The van der Waals surface area contributed by atoms with E-state index in [1.165, 1.54) is 0 Å². The minimum Gasteiger partial charge on any atom is -0.444 e. The average Bonchev–Trinajstić information content (AvgIpc) is 3.57. The van der Waals surface area contributed by atoms with Crippen molar-refractivity contribution < 1.29 is 14.3 Å². The number of pyridine rings is 1. The van der Waals surface area contributed by atoms with E-state index in [9.17, 15) is 4.79 Å². The summed E-state index contributed by atoms with van der Waals surface area (Å²) in [6.07, 6.45) is 5.35. The molecule has 0 unspecified atom stereocenters. The zero-order valence-electron chi connectivity index (χ0n) is 25.0. The van der Waals surface area contributed by atoms with Crippen LogP contribution < -0.4 is 10.2 Å². The molecule has 1 aliphatic heterocycles. The summed E-state index contributed by atoms with van der Waals surface area (Å²) in [7, 11) is -1.14. The summed E-state index contributed by atoms with van der Waals surface area (Å²) in [5, 5.41) is 4.39. The van der Waals surface area contributed by atoms with Crippen molar-refractivity contribution in [3.8, 4) is 0 Å². The van der Waals surface area contributed by atoms with E-state index in [1.54, 1.807) is 6.33 Å². The van der Waals surface area contributed by atoms with Crippen molar-refractivity contribution in [1.29, 1.82) is 0 Å². The lowest BCUT2D eigenvalue weighted by atomic mass is 10.1. The van der Waals surface area contributed by atoms with Gasteiger partial charge in [-0.25, -0.2) is 19.7 Å². The first-order valence-corrected chi connectivity index (χ1v) is 18.9. The minimum absolute atomic E-state index is 0.152. The molecule has 10 nitrogen and oxygen atoms in total. The predicted molar refractivity (Wildman–Crippen MR) is 168 cm³/mol. The highest BCUT2D eigenvalue weighted by molar-refractivity contribution is 9.10. The number of halogens is 1. The SMILES string of the molecule is CC(C)(C)OC(=O)N1CCN(c2cccc(CNc3ncnc4c3c(Br)cn4COCC[Si](C)(C)C)n2)CC12CC2. The molecular weight excluding hydrogens is 602 g/mol. The van der Waals surface area contributed by atoms with Gasteiger partial charge >= 0.3 is 6.09 Å². The molecule has 1 amide bonds. The lowest BCUT2D eigenvalue weighted by molar-refractivity contribution is 0.0106. The Morgan fingerprint density at radius 1 is 1.17 bits per heavy atom. The van der Waals surface area contributed by atoms with Crippen LogP contribution in [0.15, 0.2) is 35.2 Å². The molecule has 5 rings (SSSR count). The van der Waals surface area contributed by atoms with E-state index in [4.69, 9.17) is 14.5 Å². The second-order valence-electron chi connectivity index (χ2n) is 13.3. The van der Waals surface area contributed by atoms with Crippen LogP contribution in [0.25, 0.3) is 11.0 Å². The van der Waals surface area contributed by atoms with Crippen LogP contribution in [-0.4, -0.2) is 76.0 Å². The molecule has 1 N–H and O–H groups in total. The number of carbonyl (C=O) groups is 1. The van der Waals surface area contributed by atoms with Crippen molar-refractivity contribution in [2.45, 2.75) is 83.7 Å². The summed E-state index contributed by atoms with van der Waals surface area (Å²) in [6, 6.07) is 7.23. The van der Waals surface area contributed by atoms with Gasteiger partial charge in [0.25, 0.3) is 0 Å². The van der Waals surface area contributed by atoms with Crippen molar-refractivity contribution in [3.63, 3.8) is 0 Å². The number of carbonyl (C=O) groups excluding carboxylic acids is 1. The van der Waals surface area contributed by atoms with E-state index in [0.717, 1.165) is 71.4 Å². The first-order chi connectivity index (χ1) is 19.3. The van der Waals surface area contributed by atoms with E-state index in [-0.39, 0.29) is 11.6 Å². The van der Waals surface area contributed by atoms with Gasteiger partial charge in [-0.2, -0.15) is 0 Å². The Morgan fingerprint density at radius 3 is 2.66 bits per heavy atom. The van der Waals surface area contributed by atoms with Gasteiger partial charge < -0.3 is 24.3 Å². The Kier molecular flexibility index (Phi) is 8.37. The summed E-state index contributed by atoms with van der Waals surface area (Å²) in [4.78, 5) is 31.1. The molecule has 1 saturated heterocycles. The third kappa shape index (κ3) is 7.21. The molecule has 12 heteroatoms. The van der Waals surface area contributed by atoms with Crippen LogP contribution in [0.2, 0.25) is 25.7 Å².